The van der Waals surface area contributed by atoms with E-state index in [4.69, 9.17) is 61.9 Å². The molecule has 0 atom stereocenters. The Morgan fingerprint density at radius 1 is 1.25 bits per heavy atom. The standard InChI is InChI=1S/C8H8BrCl2O3PS.H2O3S/c1-12-15(16,13-2)14-8-4-6(10)5(9)3-7(8)11;1-4(2)3/h3-4H,1-2H3;(H2,1,2,3). The van der Waals surface area contributed by atoms with E-state index >= 15 is 0 Å². The summed E-state index contributed by atoms with van der Waals surface area (Å²) in [7, 11) is 2.83. The summed E-state index contributed by atoms with van der Waals surface area (Å²) < 4.78 is 38.9. The average Bonchev–Trinajstić information content (AvgIpc) is 2.35. The zero-order valence-corrected chi connectivity index (χ0v) is 15.7. The van der Waals surface area contributed by atoms with Gasteiger partial charge in [0.2, 0.25) is 0 Å². The summed E-state index contributed by atoms with van der Waals surface area (Å²) in [6.07, 6.45) is 0. The summed E-state index contributed by atoms with van der Waals surface area (Å²) in [5, 5.41) is 0.841. The minimum atomic E-state index is -2.79. The molecule has 0 aliphatic rings. The second-order valence-electron chi connectivity index (χ2n) is 2.83. The van der Waals surface area contributed by atoms with Gasteiger partial charge in [-0.3, -0.25) is 9.11 Å². The van der Waals surface area contributed by atoms with Crippen molar-refractivity contribution in [2.45, 2.75) is 0 Å². The molecule has 0 unspecified atom stereocenters. The van der Waals surface area contributed by atoms with Gasteiger partial charge < -0.3 is 13.6 Å². The molecule has 1 aromatic rings. The summed E-state index contributed by atoms with van der Waals surface area (Å²) in [6, 6.07) is 3.16. The normalized spacial score (nSPS) is 11.0. The molecule has 0 bridgehead atoms. The van der Waals surface area contributed by atoms with Gasteiger partial charge in [-0.25, -0.2) is 0 Å². The molecule has 0 heterocycles. The van der Waals surface area contributed by atoms with E-state index in [1.807, 2.05) is 0 Å². The SMILES string of the molecule is COP(=S)(OC)Oc1cc(Cl)c(Br)cc1Cl.O=S(O)O. The van der Waals surface area contributed by atoms with Crippen molar-refractivity contribution < 1.29 is 26.9 Å². The maximum absolute atomic E-state index is 8.67. The van der Waals surface area contributed by atoms with Crippen LogP contribution in [0.4, 0.5) is 0 Å². The number of rotatable bonds is 4. The van der Waals surface area contributed by atoms with Crippen molar-refractivity contribution in [2.75, 3.05) is 14.2 Å². The molecule has 116 valence electrons. The molecule has 0 aliphatic carbocycles. The first-order valence-corrected chi connectivity index (χ1v) is 9.67. The molecular weight excluding hydrogens is 438 g/mol. The lowest BCUT2D eigenvalue weighted by atomic mass is 10.3. The van der Waals surface area contributed by atoms with E-state index in [1.165, 1.54) is 14.2 Å². The number of benzene rings is 1. The number of hydrogen-bond acceptors (Lipinski definition) is 5. The first-order valence-electron chi connectivity index (χ1n) is 4.50. The third-order valence-electron chi connectivity index (χ3n) is 1.63. The molecule has 0 saturated heterocycles. The van der Waals surface area contributed by atoms with Gasteiger partial charge in [0, 0.05) is 36.6 Å². The Labute approximate surface area is 142 Å². The lowest BCUT2D eigenvalue weighted by Crippen LogP contribution is -1.97. The average molecular weight is 448 g/mol. The van der Waals surface area contributed by atoms with E-state index in [-0.39, 0.29) is 0 Å². The van der Waals surface area contributed by atoms with Crippen LogP contribution in [-0.4, -0.2) is 27.5 Å². The lowest BCUT2D eigenvalue weighted by molar-refractivity contribution is 0.273. The molecule has 20 heavy (non-hydrogen) atoms. The van der Waals surface area contributed by atoms with Gasteiger partial charge in [-0.1, -0.05) is 23.2 Å². The van der Waals surface area contributed by atoms with Crippen LogP contribution in [0.15, 0.2) is 16.6 Å². The van der Waals surface area contributed by atoms with E-state index in [2.05, 4.69) is 15.9 Å². The van der Waals surface area contributed by atoms with E-state index < -0.39 is 18.1 Å². The summed E-state index contributed by atoms with van der Waals surface area (Å²) in [5.74, 6) is 0.335. The molecule has 0 spiro atoms. The van der Waals surface area contributed by atoms with Gasteiger partial charge >= 0.3 is 6.72 Å². The Balaban J connectivity index is 0.000000796. The monoisotopic (exact) mass is 446 g/mol. The van der Waals surface area contributed by atoms with Crippen LogP contribution >= 0.6 is 45.9 Å². The minimum absolute atomic E-state index is 0.335. The molecule has 0 fully saturated rings. The molecule has 1 aromatic carbocycles. The van der Waals surface area contributed by atoms with Gasteiger partial charge in [0.1, 0.15) is 5.75 Å². The third kappa shape index (κ3) is 7.65. The van der Waals surface area contributed by atoms with Crippen LogP contribution in [-0.2, 0) is 32.2 Å². The predicted octanol–water partition coefficient (Wildman–Crippen LogP) is 4.33. The van der Waals surface area contributed by atoms with Crippen molar-refractivity contribution in [3.63, 3.8) is 0 Å². The van der Waals surface area contributed by atoms with Crippen LogP contribution in [0.1, 0.15) is 0 Å². The molecular formula is C8H10BrCl2O6PS2. The highest BCUT2D eigenvalue weighted by molar-refractivity contribution is 9.10. The Morgan fingerprint density at radius 3 is 2.10 bits per heavy atom. The molecule has 12 heteroatoms. The van der Waals surface area contributed by atoms with Gasteiger partial charge in [-0.2, -0.15) is 4.21 Å². The second kappa shape index (κ2) is 9.68. The molecule has 1 rings (SSSR count). The zero-order valence-electron chi connectivity index (χ0n) is 10.1. The van der Waals surface area contributed by atoms with Gasteiger partial charge in [-0.05, 0) is 22.0 Å². The predicted molar refractivity (Wildman–Crippen MR) is 86.5 cm³/mol. The van der Waals surface area contributed by atoms with Crippen molar-refractivity contribution in [3.8, 4) is 5.75 Å². The topological polar surface area (TPSA) is 85.2 Å². The Bertz CT molecular complexity index is 520. The van der Waals surface area contributed by atoms with Crippen LogP contribution in [0.3, 0.4) is 0 Å². The molecule has 0 aliphatic heterocycles. The molecule has 0 radical (unpaired) electrons. The number of halogens is 3. The van der Waals surface area contributed by atoms with Crippen LogP contribution in [0, 0.1) is 0 Å². The highest BCUT2D eigenvalue weighted by Gasteiger charge is 2.20. The Hall–Kier alpha value is 0.720. The summed E-state index contributed by atoms with van der Waals surface area (Å²) in [4.78, 5) is 0. The van der Waals surface area contributed by atoms with Crippen molar-refractivity contribution >= 4 is 69.0 Å². The summed E-state index contributed by atoms with van der Waals surface area (Å²) in [5.41, 5.74) is 0. The van der Waals surface area contributed by atoms with Gasteiger partial charge in [-0.15, -0.1) is 0 Å². The highest BCUT2D eigenvalue weighted by atomic mass is 79.9. The van der Waals surface area contributed by atoms with Crippen LogP contribution < -0.4 is 4.52 Å². The lowest BCUT2D eigenvalue weighted by Gasteiger charge is -2.19. The third-order valence-corrected chi connectivity index (χ3v) is 5.56. The van der Waals surface area contributed by atoms with Crippen molar-refractivity contribution in [1.29, 1.82) is 0 Å². The maximum atomic E-state index is 8.67. The van der Waals surface area contributed by atoms with Gasteiger partial charge in [0.25, 0.3) is 11.4 Å². The fraction of sp³-hybridized carbons (Fsp3) is 0.250. The van der Waals surface area contributed by atoms with Crippen LogP contribution in [0.5, 0.6) is 5.75 Å². The summed E-state index contributed by atoms with van der Waals surface area (Å²) in [6.45, 7) is -2.79. The van der Waals surface area contributed by atoms with Crippen molar-refractivity contribution in [1.82, 2.24) is 0 Å². The van der Waals surface area contributed by atoms with E-state index in [9.17, 15) is 0 Å². The Kier molecular flexibility index (Phi) is 10.0. The van der Waals surface area contributed by atoms with E-state index in [0.29, 0.717) is 20.3 Å². The molecule has 0 amide bonds. The Morgan fingerprint density at radius 2 is 1.70 bits per heavy atom. The quantitative estimate of drug-likeness (QED) is 0.403. The molecule has 0 saturated carbocycles. The van der Waals surface area contributed by atoms with Crippen molar-refractivity contribution in [3.05, 3.63) is 26.7 Å². The van der Waals surface area contributed by atoms with Crippen LogP contribution in [0.25, 0.3) is 0 Å². The summed E-state index contributed by atoms with van der Waals surface area (Å²) >= 11 is 17.6. The van der Waals surface area contributed by atoms with Crippen LogP contribution in [0.2, 0.25) is 10.0 Å². The minimum Gasteiger partial charge on any atom is -0.422 e. The largest absolute Gasteiger partial charge is 0.422 e. The smallest absolute Gasteiger partial charge is 0.380 e. The second-order valence-corrected chi connectivity index (χ2v) is 8.11. The number of hydrogen-bond donors (Lipinski definition) is 2. The molecule has 6 nitrogen and oxygen atoms in total. The first kappa shape index (κ1) is 20.7. The van der Waals surface area contributed by atoms with Gasteiger partial charge in [0.05, 0.1) is 10.0 Å². The van der Waals surface area contributed by atoms with E-state index in [0.717, 1.165) is 0 Å². The molecule has 0 aromatic heterocycles. The first-order chi connectivity index (χ1) is 9.15. The van der Waals surface area contributed by atoms with Gasteiger partial charge in [0.15, 0.2) is 0 Å². The fourth-order valence-corrected chi connectivity index (χ4v) is 2.66. The zero-order chi connectivity index (χ0) is 15.9. The fourth-order valence-electron chi connectivity index (χ4n) is 0.844. The van der Waals surface area contributed by atoms with E-state index in [1.54, 1.807) is 12.1 Å². The molecule has 2 N–H and O–H groups in total. The maximum Gasteiger partial charge on any atom is 0.380 e. The highest BCUT2D eigenvalue weighted by Crippen LogP contribution is 2.50. The van der Waals surface area contributed by atoms with Crippen molar-refractivity contribution in [2.24, 2.45) is 0 Å².